The first-order valence-electron chi connectivity index (χ1n) is 11.2. The third-order valence-electron chi connectivity index (χ3n) is 6.12. The number of carbonyl (C=O) groups is 3. The maximum atomic E-state index is 12.9. The number of halogens is 1. The number of hydrogen-bond acceptors (Lipinski definition) is 4. The van der Waals surface area contributed by atoms with Crippen molar-refractivity contribution in [1.82, 2.24) is 5.32 Å². The fourth-order valence-electron chi connectivity index (χ4n) is 4.28. The third kappa shape index (κ3) is 5.54. The van der Waals surface area contributed by atoms with E-state index in [1.165, 1.54) is 0 Å². The molecule has 0 spiro atoms. The molecule has 35 heavy (non-hydrogen) atoms. The number of benzene rings is 3. The number of carboxylic acid groups (broad SMARTS) is 1. The summed E-state index contributed by atoms with van der Waals surface area (Å²) in [5.74, 6) is -1.69. The van der Waals surface area contributed by atoms with E-state index in [4.69, 9.17) is 9.84 Å². The summed E-state index contributed by atoms with van der Waals surface area (Å²) < 4.78 is 6.36. The summed E-state index contributed by atoms with van der Waals surface area (Å²) >= 11 is 3.42. The van der Waals surface area contributed by atoms with Gasteiger partial charge in [-0.15, -0.1) is 0 Å². The molecule has 7 nitrogen and oxygen atoms in total. The van der Waals surface area contributed by atoms with Gasteiger partial charge in [-0.1, -0.05) is 70.5 Å². The Morgan fingerprint density at radius 3 is 2.23 bits per heavy atom. The first-order chi connectivity index (χ1) is 16.8. The number of amides is 2. The standard InChI is InChI=1S/C27H25BrN2O5/c1-16-22(28)11-6-12-23(16)29-26(33)24(13-14-25(31)32)30-27(34)35-15-21-19-9-4-2-7-17(19)18-8-3-5-10-20(18)21/h2-12,21,24H,13-15H2,1H3,(H,29,33)(H,30,34)(H,31,32). The van der Waals surface area contributed by atoms with E-state index < -0.39 is 24.0 Å². The summed E-state index contributed by atoms with van der Waals surface area (Å²) in [5, 5.41) is 14.4. The second-order valence-corrected chi connectivity index (χ2v) is 9.21. The molecule has 3 aromatic carbocycles. The number of ether oxygens (including phenoxy) is 1. The average Bonchev–Trinajstić information content (AvgIpc) is 3.17. The molecule has 0 heterocycles. The van der Waals surface area contributed by atoms with Crippen molar-refractivity contribution in [2.24, 2.45) is 0 Å². The van der Waals surface area contributed by atoms with Crippen LogP contribution in [0.5, 0.6) is 0 Å². The molecule has 0 fully saturated rings. The van der Waals surface area contributed by atoms with Crippen molar-refractivity contribution in [2.45, 2.75) is 31.7 Å². The van der Waals surface area contributed by atoms with Gasteiger partial charge in [-0.2, -0.15) is 0 Å². The number of aliphatic carboxylic acids is 1. The summed E-state index contributed by atoms with van der Waals surface area (Å²) in [6.07, 6.45) is -1.12. The average molecular weight is 537 g/mol. The molecule has 0 aliphatic heterocycles. The first-order valence-corrected chi connectivity index (χ1v) is 12.0. The van der Waals surface area contributed by atoms with Gasteiger partial charge in [-0.05, 0) is 53.3 Å². The van der Waals surface area contributed by atoms with E-state index in [1.54, 1.807) is 12.1 Å². The van der Waals surface area contributed by atoms with Gasteiger partial charge in [-0.3, -0.25) is 9.59 Å². The molecule has 0 saturated heterocycles. The van der Waals surface area contributed by atoms with E-state index in [-0.39, 0.29) is 25.4 Å². The quantitative estimate of drug-likeness (QED) is 0.354. The van der Waals surface area contributed by atoms with Crippen LogP contribution in [0.4, 0.5) is 10.5 Å². The molecule has 4 rings (SSSR count). The second-order valence-electron chi connectivity index (χ2n) is 8.36. The summed E-state index contributed by atoms with van der Waals surface area (Å²) in [5.41, 5.74) is 5.76. The van der Waals surface area contributed by atoms with Gasteiger partial charge in [0.25, 0.3) is 0 Å². The van der Waals surface area contributed by atoms with Crippen molar-refractivity contribution >= 4 is 39.6 Å². The highest BCUT2D eigenvalue weighted by molar-refractivity contribution is 9.10. The molecule has 0 aromatic heterocycles. The zero-order valence-electron chi connectivity index (χ0n) is 19.1. The highest BCUT2D eigenvalue weighted by atomic mass is 79.9. The molecular formula is C27H25BrN2O5. The smallest absolute Gasteiger partial charge is 0.407 e. The molecular weight excluding hydrogens is 512 g/mol. The SMILES string of the molecule is Cc1c(Br)cccc1NC(=O)C(CCC(=O)O)NC(=O)OCC1c2ccccc2-c2ccccc21. The van der Waals surface area contributed by atoms with Gasteiger partial charge in [-0.25, -0.2) is 4.79 Å². The molecule has 0 radical (unpaired) electrons. The Morgan fingerprint density at radius 2 is 1.60 bits per heavy atom. The molecule has 0 saturated carbocycles. The summed E-state index contributed by atoms with van der Waals surface area (Å²) in [6, 6.07) is 20.3. The normalized spacial score (nSPS) is 12.9. The van der Waals surface area contributed by atoms with Crippen LogP contribution >= 0.6 is 15.9 Å². The number of hydrogen-bond donors (Lipinski definition) is 3. The number of carboxylic acids is 1. The van der Waals surface area contributed by atoms with E-state index in [0.717, 1.165) is 32.3 Å². The number of fused-ring (bicyclic) bond motifs is 3. The Hall–Kier alpha value is -3.65. The maximum absolute atomic E-state index is 12.9. The fraction of sp³-hybridized carbons (Fsp3) is 0.222. The van der Waals surface area contributed by atoms with Crippen molar-refractivity contribution in [3.63, 3.8) is 0 Å². The topological polar surface area (TPSA) is 105 Å². The van der Waals surface area contributed by atoms with E-state index in [1.807, 2.05) is 61.5 Å². The van der Waals surface area contributed by atoms with Crippen LogP contribution in [-0.4, -0.2) is 35.7 Å². The third-order valence-corrected chi connectivity index (χ3v) is 6.98. The summed E-state index contributed by atoms with van der Waals surface area (Å²) in [4.78, 5) is 36.7. The molecule has 0 bridgehead atoms. The Kier molecular flexibility index (Phi) is 7.51. The Balaban J connectivity index is 1.44. The van der Waals surface area contributed by atoms with E-state index in [2.05, 4.69) is 26.6 Å². The van der Waals surface area contributed by atoms with Crippen LogP contribution < -0.4 is 10.6 Å². The fourth-order valence-corrected chi connectivity index (χ4v) is 4.65. The van der Waals surface area contributed by atoms with Crippen LogP contribution in [0.2, 0.25) is 0 Å². The van der Waals surface area contributed by atoms with Crippen LogP contribution in [0, 0.1) is 6.92 Å². The Labute approximate surface area is 211 Å². The lowest BCUT2D eigenvalue weighted by Gasteiger charge is -2.20. The Bertz CT molecular complexity index is 1230. The van der Waals surface area contributed by atoms with E-state index in [0.29, 0.717) is 5.69 Å². The number of alkyl carbamates (subject to hydrolysis) is 1. The van der Waals surface area contributed by atoms with Gasteiger partial charge in [0.1, 0.15) is 12.6 Å². The lowest BCUT2D eigenvalue weighted by atomic mass is 9.98. The number of rotatable bonds is 8. The highest BCUT2D eigenvalue weighted by Crippen LogP contribution is 2.44. The van der Waals surface area contributed by atoms with Gasteiger partial charge in [0.05, 0.1) is 0 Å². The minimum atomic E-state index is -1.07. The van der Waals surface area contributed by atoms with Crippen LogP contribution in [0.3, 0.4) is 0 Å². The zero-order chi connectivity index (χ0) is 24.9. The lowest BCUT2D eigenvalue weighted by molar-refractivity contribution is -0.137. The summed E-state index contributed by atoms with van der Waals surface area (Å²) in [6.45, 7) is 1.93. The lowest BCUT2D eigenvalue weighted by Crippen LogP contribution is -2.44. The minimum absolute atomic E-state index is 0.0710. The molecule has 180 valence electrons. The van der Waals surface area contributed by atoms with Crippen molar-refractivity contribution in [3.8, 4) is 11.1 Å². The predicted molar refractivity (Wildman–Crippen MR) is 136 cm³/mol. The minimum Gasteiger partial charge on any atom is -0.481 e. The van der Waals surface area contributed by atoms with Gasteiger partial charge < -0.3 is 20.5 Å². The molecule has 8 heteroatoms. The molecule has 1 aliphatic rings. The van der Waals surface area contributed by atoms with Gasteiger partial charge in [0.2, 0.25) is 5.91 Å². The van der Waals surface area contributed by atoms with Gasteiger partial charge in [0, 0.05) is 22.5 Å². The van der Waals surface area contributed by atoms with Crippen molar-refractivity contribution in [2.75, 3.05) is 11.9 Å². The van der Waals surface area contributed by atoms with Gasteiger partial charge >= 0.3 is 12.1 Å². The van der Waals surface area contributed by atoms with E-state index >= 15 is 0 Å². The monoisotopic (exact) mass is 536 g/mol. The number of nitrogens with one attached hydrogen (secondary N) is 2. The second kappa shape index (κ2) is 10.7. The van der Waals surface area contributed by atoms with Crippen LogP contribution in [0.1, 0.15) is 35.4 Å². The molecule has 3 aromatic rings. The molecule has 1 unspecified atom stereocenters. The number of anilines is 1. The van der Waals surface area contributed by atoms with Crippen molar-refractivity contribution in [3.05, 3.63) is 87.9 Å². The van der Waals surface area contributed by atoms with Crippen LogP contribution in [-0.2, 0) is 14.3 Å². The highest BCUT2D eigenvalue weighted by Gasteiger charge is 2.30. The molecule has 2 amide bonds. The van der Waals surface area contributed by atoms with Crippen LogP contribution in [0.25, 0.3) is 11.1 Å². The van der Waals surface area contributed by atoms with E-state index in [9.17, 15) is 14.4 Å². The van der Waals surface area contributed by atoms with Crippen molar-refractivity contribution < 1.29 is 24.2 Å². The largest absolute Gasteiger partial charge is 0.481 e. The molecule has 1 atom stereocenters. The predicted octanol–water partition coefficient (Wildman–Crippen LogP) is 5.47. The van der Waals surface area contributed by atoms with Crippen molar-refractivity contribution in [1.29, 1.82) is 0 Å². The maximum Gasteiger partial charge on any atom is 0.407 e. The summed E-state index contributed by atoms with van der Waals surface area (Å²) in [7, 11) is 0. The molecule has 3 N–H and O–H groups in total. The first kappa shape index (κ1) is 24.5. The Morgan fingerprint density at radius 1 is 0.971 bits per heavy atom. The zero-order valence-corrected chi connectivity index (χ0v) is 20.7. The molecule has 1 aliphatic carbocycles. The van der Waals surface area contributed by atoms with Crippen LogP contribution in [0.15, 0.2) is 71.2 Å². The number of carbonyl (C=O) groups excluding carboxylic acids is 2. The van der Waals surface area contributed by atoms with Gasteiger partial charge in [0.15, 0.2) is 0 Å².